The van der Waals surface area contributed by atoms with E-state index in [1.165, 1.54) is 12.1 Å². The van der Waals surface area contributed by atoms with E-state index < -0.39 is 4.92 Å². The highest BCUT2D eigenvalue weighted by Gasteiger charge is 2.22. The summed E-state index contributed by atoms with van der Waals surface area (Å²) in [6.07, 6.45) is 1.53. The fraction of sp³-hybridized carbons (Fsp3) is 0.200. The molecular formula is C20H18N4O4. The number of hydrogen-bond acceptors (Lipinski definition) is 6. The average Bonchev–Trinajstić information content (AvgIpc) is 3.11. The number of rotatable bonds is 7. The number of nitro groups is 1. The summed E-state index contributed by atoms with van der Waals surface area (Å²) in [5.41, 5.74) is 1.99. The first kappa shape index (κ1) is 18.9. The van der Waals surface area contributed by atoms with E-state index in [2.05, 4.69) is 16.0 Å². The molecule has 0 aliphatic carbocycles. The van der Waals surface area contributed by atoms with Gasteiger partial charge in [-0.25, -0.2) is 4.98 Å². The summed E-state index contributed by atoms with van der Waals surface area (Å²) < 4.78 is 10.9. The highest BCUT2D eigenvalue weighted by molar-refractivity contribution is 5.91. The molecule has 1 heterocycles. The number of ether oxygens (including phenoxy) is 2. The van der Waals surface area contributed by atoms with E-state index in [0.29, 0.717) is 18.0 Å². The maximum absolute atomic E-state index is 11.5. The van der Waals surface area contributed by atoms with E-state index in [-0.39, 0.29) is 29.4 Å². The first-order valence-electron chi connectivity index (χ1n) is 8.72. The minimum absolute atomic E-state index is 0.0775. The van der Waals surface area contributed by atoms with Crippen LogP contribution in [0.3, 0.4) is 0 Å². The molecule has 2 aromatic carbocycles. The van der Waals surface area contributed by atoms with Gasteiger partial charge in [0.1, 0.15) is 11.9 Å². The van der Waals surface area contributed by atoms with E-state index in [0.717, 1.165) is 11.0 Å². The molecule has 0 amide bonds. The SMILES string of the molecule is CCOc1cc(/C=C(\C#N)c2nc3ccccc3[nH]2)cc([N+](=O)[O-])c1OCC. The number of fused-ring (bicyclic) bond motifs is 1. The van der Waals surface area contributed by atoms with Crippen LogP contribution in [0.5, 0.6) is 11.5 Å². The average molecular weight is 378 g/mol. The molecule has 0 fully saturated rings. The van der Waals surface area contributed by atoms with Gasteiger partial charge in [-0.2, -0.15) is 5.26 Å². The first-order valence-corrected chi connectivity index (χ1v) is 8.72. The lowest BCUT2D eigenvalue weighted by Crippen LogP contribution is -2.02. The van der Waals surface area contributed by atoms with Crippen molar-refractivity contribution in [3.8, 4) is 17.6 Å². The van der Waals surface area contributed by atoms with Crippen molar-refractivity contribution in [1.82, 2.24) is 9.97 Å². The zero-order valence-corrected chi connectivity index (χ0v) is 15.4. The van der Waals surface area contributed by atoms with Gasteiger partial charge >= 0.3 is 5.69 Å². The second-order valence-corrected chi connectivity index (χ2v) is 5.76. The molecule has 0 saturated heterocycles. The number of nitrogens with one attached hydrogen (secondary N) is 1. The minimum Gasteiger partial charge on any atom is -0.490 e. The number of hydrogen-bond donors (Lipinski definition) is 1. The molecule has 0 saturated carbocycles. The number of nitriles is 1. The molecule has 0 aliphatic rings. The third kappa shape index (κ3) is 3.78. The Kier molecular flexibility index (Phi) is 5.56. The van der Waals surface area contributed by atoms with Crippen LogP contribution in [0.25, 0.3) is 22.7 Å². The zero-order valence-electron chi connectivity index (χ0n) is 15.4. The van der Waals surface area contributed by atoms with Gasteiger partial charge in [0.05, 0.1) is 34.7 Å². The lowest BCUT2D eigenvalue weighted by atomic mass is 10.1. The molecule has 8 heteroatoms. The Balaban J connectivity index is 2.12. The number of imidazole rings is 1. The number of H-pyrrole nitrogens is 1. The largest absolute Gasteiger partial charge is 0.490 e. The lowest BCUT2D eigenvalue weighted by molar-refractivity contribution is -0.386. The predicted molar refractivity (Wildman–Crippen MR) is 105 cm³/mol. The Bertz CT molecular complexity index is 1060. The zero-order chi connectivity index (χ0) is 20.1. The summed E-state index contributed by atoms with van der Waals surface area (Å²) in [7, 11) is 0. The van der Waals surface area contributed by atoms with Crippen molar-refractivity contribution in [3.05, 3.63) is 57.9 Å². The number of para-hydroxylation sites is 2. The molecule has 3 aromatic rings. The van der Waals surface area contributed by atoms with Gasteiger partial charge in [0.2, 0.25) is 5.75 Å². The number of benzene rings is 2. The van der Waals surface area contributed by atoms with Crippen molar-refractivity contribution in [2.45, 2.75) is 13.8 Å². The molecule has 28 heavy (non-hydrogen) atoms. The van der Waals surface area contributed by atoms with Crippen molar-refractivity contribution in [2.75, 3.05) is 13.2 Å². The van der Waals surface area contributed by atoms with Crippen LogP contribution in [-0.2, 0) is 0 Å². The summed E-state index contributed by atoms with van der Waals surface area (Å²) >= 11 is 0. The first-order chi connectivity index (χ1) is 13.6. The number of aromatic amines is 1. The molecule has 0 radical (unpaired) electrons. The fourth-order valence-electron chi connectivity index (χ4n) is 2.78. The van der Waals surface area contributed by atoms with Crippen molar-refractivity contribution in [1.29, 1.82) is 5.26 Å². The highest BCUT2D eigenvalue weighted by Crippen LogP contribution is 2.39. The van der Waals surface area contributed by atoms with Crippen LogP contribution in [0.15, 0.2) is 36.4 Å². The van der Waals surface area contributed by atoms with E-state index in [1.54, 1.807) is 19.9 Å². The number of allylic oxidation sites excluding steroid dienone is 1. The van der Waals surface area contributed by atoms with Crippen molar-refractivity contribution in [2.24, 2.45) is 0 Å². The molecule has 1 aromatic heterocycles. The van der Waals surface area contributed by atoms with Gasteiger partial charge in [0.15, 0.2) is 5.75 Å². The highest BCUT2D eigenvalue weighted by atomic mass is 16.6. The standard InChI is InChI=1S/C20H18N4O4/c1-3-27-18-11-13(10-17(24(25)26)19(18)28-4-2)9-14(12-21)20-22-15-7-5-6-8-16(15)23-20/h5-11H,3-4H2,1-2H3,(H,22,23)/b14-9+. The summed E-state index contributed by atoms with van der Waals surface area (Å²) in [5.74, 6) is 0.721. The molecule has 0 bridgehead atoms. The fourth-order valence-corrected chi connectivity index (χ4v) is 2.78. The van der Waals surface area contributed by atoms with Gasteiger partial charge in [0.25, 0.3) is 0 Å². The Morgan fingerprint density at radius 3 is 2.68 bits per heavy atom. The van der Waals surface area contributed by atoms with E-state index in [1.807, 2.05) is 24.3 Å². The third-order valence-electron chi connectivity index (χ3n) is 3.92. The van der Waals surface area contributed by atoms with Crippen LogP contribution in [0, 0.1) is 21.4 Å². The summed E-state index contributed by atoms with van der Waals surface area (Å²) in [4.78, 5) is 18.5. The Labute approximate surface area is 161 Å². The van der Waals surface area contributed by atoms with E-state index in [4.69, 9.17) is 9.47 Å². The topological polar surface area (TPSA) is 114 Å². The maximum Gasteiger partial charge on any atom is 0.315 e. The number of nitro benzene ring substituents is 1. The summed E-state index contributed by atoms with van der Waals surface area (Å²) in [5, 5.41) is 21.1. The molecular weight excluding hydrogens is 360 g/mol. The van der Waals surface area contributed by atoms with Crippen LogP contribution in [0.1, 0.15) is 25.2 Å². The van der Waals surface area contributed by atoms with Crippen LogP contribution in [-0.4, -0.2) is 28.1 Å². The Morgan fingerprint density at radius 1 is 1.29 bits per heavy atom. The van der Waals surface area contributed by atoms with Gasteiger partial charge in [-0.05, 0) is 43.7 Å². The number of nitrogens with zero attached hydrogens (tertiary/aromatic N) is 3. The molecule has 0 spiro atoms. The van der Waals surface area contributed by atoms with Gasteiger partial charge in [-0.15, -0.1) is 0 Å². The predicted octanol–water partition coefficient (Wildman–Crippen LogP) is 4.33. The maximum atomic E-state index is 11.5. The van der Waals surface area contributed by atoms with Crippen LogP contribution in [0.2, 0.25) is 0 Å². The molecule has 0 aliphatic heterocycles. The van der Waals surface area contributed by atoms with E-state index in [9.17, 15) is 15.4 Å². The minimum atomic E-state index is -0.530. The monoisotopic (exact) mass is 378 g/mol. The quantitative estimate of drug-likeness (QED) is 0.372. The Morgan fingerprint density at radius 2 is 2.04 bits per heavy atom. The Hall–Kier alpha value is -3.86. The molecule has 8 nitrogen and oxygen atoms in total. The van der Waals surface area contributed by atoms with E-state index >= 15 is 0 Å². The molecule has 1 N–H and O–H groups in total. The number of aromatic nitrogens is 2. The van der Waals surface area contributed by atoms with Crippen LogP contribution in [0.4, 0.5) is 5.69 Å². The molecule has 0 unspecified atom stereocenters. The van der Waals surface area contributed by atoms with Gasteiger partial charge in [0, 0.05) is 6.07 Å². The molecule has 3 rings (SSSR count). The normalized spacial score (nSPS) is 11.2. The van der Waals surface area contributed by atoms with Gasteiger partial charge < -0.3 is 14.5 Å². The van der Waals surface area contributed by atoms with Crippen molar-refractivity contribution < 1.29 is 14.4 Å². The second kappa shape index (κ2) is 8.22. The summed E-state index contributed by atoms with van der Waals surface area (Å²) in [6.45, 7) is 4.10. The second-order valence-electron chi connectivity index (χ2n) is 5.76. The van der Waals surface area contributed by atoms with Crippen molar-refractivity contribution >= 4 is 28.4 Å². The van der Waals surface area contributed by atoms with Crippen LogP contribution >= 0.6 is 0 Å². The van der Waals surface area contributed by atoms with Gasteiger partial charge in [-0.3, -0.25) is 10.1 Å². The lowest BCUT2D eigenvalue weighted by Gasteiger charge is -2.12. The van der Waals surface area contributed by atoms with Crippen LogP contribution < -0.4 is 9.47 Å². The smallest absolute Gasteiger partial charge is 0.315 e. The molecule has 0 atom stereocenters. The van der Waals surface area contributed by atoms with Gasteiger partial charge in [-0.1, -0.05) is 12.1 Å². The third-order valence-corrected chi connectivity index (χ3v) is 3.92. The van der Waals surface area contributed by atoms with Crippen molar-refractivity contribution in [3.63, 3.8) is 0 Å². The molecule has 142 valence electrons. The summed E-state index contributed by atoms with van der Waals surface area (Å²) in [6, 6.07) is 12.5.